The van der Waals surface area contributed by atoms with Gasteiger partial charge in [-0.15, -0.1) is 0 Å². The molecule has 0 bridgehead atoms. The second-order valence-electron chi connectivity index (χ2n) is 2.41. The molecule has 0 heterocycles. The Bertz CT molecular complexity index is 338. The SMILES string of the molecule is Cc1cc(Cl)cc(C(=O)[O-])c1O.[Na+]. The van der Waals surface area contributed by atoms with Crippen LogP contribution in [0.15, 0.2) is 12.1 Å². The molecule has 0 fully saturated rings. The molecule has 0 amide bonds. The Morgan fingerprint density at radius 2 is 2.08 bits per heavy atom. The molecule has 0 spiro atoms. The van der Waals surface area contributed by atoms with Gasteiger partial charge in [-0.05, 0) is 24.6 Å². The molecule has 0 saturated carbocycles. The Morgan fingerprint density at radius 1 is 1.54 bits per heavy atom. The minimum atomic E-state index is -1.43. The molecule has 0 atom stereocenters. The maximum Gasteiger partial charge on any atom is 1.00 e. The smallest absolute Gasteiger partial charge is 0.545 e. The van der Waals surface area contributed by atoms with Crippen LogP contribution in [0.4, 0.5) is 0 Å². The molecule has 1 rings (SSSR count). The third-order valence-corrected chi connectivity index (χ3v) is 1.70. The zero-order chi connectivity index (χ0) is 9.30. The van der Waals surface area contributed by atoms with Gasteiger partial charge in [0.2, 0.25) is 0 Å². The first-order valence-electron chi connectivity index (χ1n) is 3.23. The topological polar surface area (TPSA) is 60.4 Å². The van der Waals surface area contributed by atoms with Crippen LogP contribution in [-0.2, 0) is 0 Å². The maximum atomic E-state index is 10.4. The summed E-state index contributed by atoms with van der Waals surface area (Å²) in [6.45, 7) is 1.56. The molecule has 5 heteroatoms. The van der Waals surface area contributed by atoms with E-state index in [1.54, 1.807) is 6.92 Å². The number of phenols is 1. The van der Waals surface area contributed by atoms with E-state index in [1.165, 1.54) is 6.07 Å². The van der Waals surface area contributed by atoms with Crippen LogP contribution in [0.5, 0.6) is 5.75 Å². The van der Waals surface area contributed by atoms with E-state index >= 15 is 0 Å². The molecule has 0 radical (unpaired) electrons. The van der Waals surface area contributed by atoms with E-state index in [4.69, 9.17) is 11.6 Å². The Labute approximate surface area is 103 Å². The summed E-state index contributed by atoms with van der Waals surface area (Å²) in [5.74, 6) is -1.72. The van der Waals surface area contributed by atoms with Crippen molar-refractivity contribution >= 4 is 17.6 Å². The number of aryl methyl sites for hydroxylation is 1. The van der Waals surface area contributed by atoms with Crippen LogP contribution in [-0.4, -0.2) is 11.1 Å². The van der Waals surface area contributed by atoms with Gasteiger partial charge >= 0.3 is 29.6 Å². The number of aromatic hydroxyl groups is 1. The van der Waals surface area contributed by atoms with Gasteiger partial charge in [-0.25, -0.2) is 0 Å². The largest absolute Gasteiger partial charge is 1.00 e. The van der Waals surface area contributed by atoms with Crippen molar-refractivity contribution in [3.05, 3.63) is 28.3 Å². The molecule has 0 unspecified atom stereocenters. The van der Waals surface area contributed by atoms with Crippen molar-refractivity contribution < 1.29 is 44.6 Å². The molecule has 13 heavy (non-hydrogen) atoms. The fourth-order valence-electron chi connectivity index (χ4n) is 0.891. The van der Waals surface area contributed by atoms with Crippen LogP contribution in [0, 0.1) is 6.92 Å². The van der Waals surface area contributed by atoms with Gasteiger partial charge in [-0.1, -0.05) is 11.6 Å². The summed E-state index contributed by atoms with van der Waals surface area (Å²) < 4.78 is 0. The minimum Gasteiger partial charge on any atom is -0.545 e. The summed E-state index contributed by atoms with van der Waals surface area (Å²) in [6.07, 6.45) is 0. The van der Waals surface area contributed by atoms with Gasteiger partial charge in [0.15, 0.2) is 0 Å². The summed E-state index contributed by atoms with van der Waals surface area (Å²) in [7, 11) is 0. The number of aromatic carboxylic acids is 1. The molecule has 1 aromatic carbocycles. The second-order valence-corrected chi connectivity index (χ2v) is 2.84. The van der Waals surface area contributed by atoms with E-state index in [0.717, 1.165) is 6.07 Å². The number of benzene rings is 1. The Kier molecular flexibility index (Phi) is 4.78. The van der Waals surface area contributed by atoms with E-state index in [-0.39, 0.29) is 45.9 Å². The van der Waals surface area contributed by atoms with Gasteiger partial charge in [-0.2, -0.15) is 0 Å². The Balaban J connectivity index is 0.00000144. The van der Waals surface area contributed by atoms with Crippen molar-refractivity contribution in [2.24, 2.45) is 0 Å². The molecule has 1 aromatic rings. The van der Waals surface area contributed by atoms with Gasteiger partial charge in [-0.3, -0.25) is 0 Å². The second kappa shape index (κ2) is 4.86. The van der Waals surface area contributed by atoms with Crippen LogP contribution >= 0.6 is 11.6 Å². The summed E-state index contributed by atoms with van der Waals surface area (Å²) >= 11 is 5.56. The number of carboxylic acids is 1. The zero-order valence-electron chi connectivity index (χ0n) is 7.30. The van der Waals surface area contributed by atoms with Crippen molar-refractivity contribution in [3.63, 3.8) is 0 Å². The first-order chi connectivity index (χ1) is 5.52. The third-order valence-electron chi connectivity index (χ3n) is 1.49. The van der Waals surface area contributed by atoms with Gasteiger partial charge in [0.1, 0.15) is 5.75 Å². The van der Waals surface area contributed by atoms with E-state index in [0.29, 0.717) is 5.56 Å². The van der Waals surface area contributed by atoms with E-state index in [9.17, 15) is 15.0 Å². The average Bonchev–Trinajstić information content (AvgIpc) is 1.96. The molecule has 64 valence electrons. The van der Waals surface area contributed by atoms with Gasteiger partial charge in [0.05, 0.1) is 5.97 Å². The molecule has 0 aliphatic carbocycles. The number of rotatable bonds is 1. The predicted octanol–water partition coefficient (Wildman–Crippen LogP) is -2.28. The molecule has 0 saturated heterocycles. The Hall–Kier alpha value is -0.220. The summed E-state index contributed by atoms with van der Waals surface area (Å²) in [5.41, 5.74) is 0.140. The minimum absolute atomic E-state index is 0. The standard InChI is InChI=1S/C8H7ClO3.Na/c1-4-2-5(9)3-6(7(4)10)8(11)12;/h2-3,10H,1H3,(H,11,12);/q;+1/p-1. The zero-order valence-corrected chi connectivity index (χ0v) is 10.1. The van der Waals surface area contributed by atoms with Gasteiger partial charge in [0, 0.05) is 10.6 Å². The van der Waals surface area contributed by atoms with Crippen molar-refractivity contribution in [1.82, 2.24) is 0 Å². The van der Waals surface area contributed by atoms with Crippen LogP contribution in [0.3, 0.4) is 0 Å². The Morgan fingerprint density at radius 3 is 2.54 bits per heavy atom. The first-order valence-corrected chi connectivity index (χ1v) is 3.60. The van der Waals surface area contributed by atoms with Crippen LogP contribution in [0.25, 0.3) is 0 Å². The number of carbonyl (C=O) groups excluding carboxylic acids is 1. The molecular weight excluding hydrogens is 203 g/mol. The van der Waals surface area contributed by atoms with Crippen molar-refractivity contribution in [2.75, 3.05) is 0 Å². The average molecular weight is 209 g/mol. The molecule has 0 aromatic heterocycles. The van der Waals surface area contributed by atoms with Crippen molar-refractivity contribution in [2.45, 2.75) is 6.92 Å². The third kappa shape index (κ3) is 2.88. The molecular formula is C8H6ClNaO3. The van der Waals surface area contributed by atoms with Crippen molar-refractivity contribution in [3.8, 4) is 5.75 Å². The van der Waals surface area contributed by atoms with Crippen LogP contribution < -0.4 is 34.7 Å². The van der Waals surface area contributed by atoms with E-state index in [1.807, 2.05) is 0 Å². The predicted molar refractivity (Wildman–Crippen MR) is 42.2 cm³/mol. The molecule has 0 aliphatic rings. The normalized spacial score (nSPS) is 9.08. The summed E-state index contributed by atoms with van der Waals surface area (Å²) in [5, 5.41) is 19.9. The fourth-order valence-corrected chi connectivity index (χ4v) is 1.16. The number of hydrogen-bond donors (Lipinski definition) is 1. The van der Waals surface area contributed by atoms with Gasteiger partial charge < -0.3 is 15.0 Å². The van der Waals surface area contributed by atoms with E-state index in [2.05, 4.69) is 0 Å². The van der Waals surface area contributed by atoms with Crippen LogP contribution in [0.2, 0.25) is 5.02 Å². The number of carbonyl (C=O) groups is 1. The number of hydrogen-bond acceptors (Lipinski definition) is 3. The molecule has 1 N–H and O–H groups in total. The maximum absolute atomic E-state index is 10.4. The fraction of sp³-hybridized carbons (Fsp3) is 0.125. The van der Waals surface area contributed by atoms with Gasteiger partial charge in [0.25, 0.3) is 0 Å². The summed E-state index contributed by atoms with van der Waals surface area (Å²) in [4.78, 5) is 10.4. The van der Waals surface area contributed by atoms with Crippen LogP contribution in [0.1, 0.15) is 15.9 Å². The first kappa shape index (κ1) is 12.8. The molecule has 0 aliphatic heterocycles. The van der Waals surface area contributed by atoms with Crippen molar-refractivity contribution in [1.29, 1.82) is 0 Å². The molecule has 3 nitrogen and oxygen atoms in total. The number of halogens is 1. The quantitative estimate of drug-likeness (QED) is 0.529. The number of carboxylic acid groups (broad SMARTS) is 1. The monoisotopic (exact) mass is 208 g/mol. The summed E-state index contributed by atoms with van der Waals surface area (Å²) in [6, 6.07) is 2.63. The van der Waals surface area contributed by atoms with E-state index < -0.39 is 5.97 Å².